The van der Waals surface area contributed by atoms with Crippen LogP contribution >= 0.6 is 15.9 Å². The van der Waals surface area contributed by atoms with Crippen LogP contribution in [0.4, 0.5) is 0 Å². The first-order valence-corrected chi connectivity index (χ1v) is 5.87. The lowest BCUT2D eigenvalue weighted by Gasteiger charge is -2.22. The van der Waals surface area contributed by atoms with E-state index in [0.29, 0.717) is 0 Å². The highest BCUT2D eigenvalue weighted by Gasteiger charge is 2.64. The van der Waals surface area contributed by atoms with Gasteiger partial charge in [0.05, 0.1) is 0 Å². The molecule has 0 bridgehead atoms. The topological polar surface area (TPSA) is 38.9 Å². The molecule has 2 saturated carbocycles. The van der Waals surface area contributed by atoms with Gasteiger partial charge in [0.2, 0.25) is 0 Å². The molecule has 2 aliphatic carbocycles. The molecular formula is C11H13BrN2. The quantitative estimate of drug-likeness (QED) is 0.822. The lowest BCUT2D eigenvalue weighted by molar-refractivity contribution is 0.502. The number of pyridine rings is 1. The van der Waals surface area contributed by atoms with Crippen LogP contribution in [-0.2, 0) is 5.41 Å². The van der Waals surface area contributed by atoms with Gasteiger partial charge in [-0.05, 0) is 53.2 Å². The molecule has 2 N–H and O–H groups in total. The maximum atomic E-state index is 6.32. The minimum Gasteiger partial charge on any atom is -0.324 e. The Kier molecular flexibility index (Phi) is 1.63. The molecule has 1 aromatic heterocycles. The molecule has 74 valence electrons. The second kappa shape index (κ2) is 2.58. The van der Waals surface area contributed by atoms with E-state index in [1.807, 2.05) is 12.3 Å². The number of aromatic nitrogens is 1. The molecule has 1 heterocycles. The van der Waals surface area contributed by atoms with Crippen molar-refractivity contribution >= 4 is 15.9 Å². The van der Waals surface area contributed by atoms with E-state index in [9.17, 15) is 0 Å². The molecule has 0 aliphatic heterocycles. The van der Waals surface area contributed by atoms with Gasteiger partial charge in [-0.2, -0.15) is 0 Å². The zero-order chi connectivity index (χ0) is 9.81. The molecule has 3 rings (SSSR count). The lowest BCUT2D eigenvalue weighted by atomic mass is 9.87. The van der Waals surface area contributed by atoms with Gasteiger partial charge in [0.25, 0.3) is 0 Å². The van der Waals surface area contributed by atoms with E-state index in [0.717, 1.165) is 4.60 Å². The third kappa shape index (κ3) is 1.09. The normalized spacial score (nSPS) is 25.9. The Labute approximate surface area is 92.0 Å². The SMILES string of the molecule is NC1(C2(c3ccc(Br)nc3)CC2)CC1. The first kappa shape index (κ1) is 8.86. The maximum absolute atomic E-state index is 6.32. The van der Waals surface area contributed by atoms with E-state index in [2.05, 4.69) is 27.0 Å². The highest BCUT2D eigenvalue weighted by atomic mass is 79.9. The summed E-state index contributed by atoms with van der Waals surface area (Å²) in [6.07, 6.45) is 6.83. The minimum atomic E-state index is 0.0997. The number of nitrogens with two attached hydrogens (primary N) is 1. The Bertz CT molecular complexity index is 363. The Morgan fingerprint density at radius 1 is 1.21 bits per heavy atom. The van der Waals surface area contributed by atoms with Crippen molar-refractivity contribution in [2.75, 3.05) is 0 Å². The Morgan fingerprint density at radius 2 is 1.93 bits per heavy atom. The fourth-order valence-electron chi connectivity index (χ4n) is 2.47. The maximum Gasteiger partial charge on any atom is 0.106 e. The van der Waals surface area contributed by atoms with E-state index in [4.69, 9.17) is 5.73 Å². The van der Waals surface area contributed by atoms with Gasteiger partial charge in [-0.15, -0.1) is 0 Å². The number of nitrogens with zero attached hydrogens (tertiary/aromatic N) is 1. The summed E-state index contributed by atoms with van der Waals surface area (Å²) >= 11 is 3.36. The summed E-state index contributed by atoms with van der Waals surface area (Å²) in [5.74, 6) is 0. The second-order valence-electron chi connectivity index (χ2n) is 4.61. The zero-order valence-corrected chi connectivity index (χ0v) is 9.55. The minimum absolute atomic E-state index is 0.0997. The highest BCUT2D eigenvalue weighted by molar-refractivity contribution is 9.10. The van der Waals surface area contributed by atoms with Crippen LogP contribution in [-0.4, -0.2) is 10.5 Å². The Morgan fingerprint density at radius 3 is 2.36 bits per heavy atom. The smallest absolute Gasteiger partial charge is 0.106 e. The van der Waals surface area contributed by atoms with E-state index in [1.54, 1.807) is 0 Å². The van der Waals surface area contributed by atoms with Gasteiger partial charge in [0.1, 0.15) is 4.60 Å². The van der Waals surface area contributed by atoms with Crippen LogP contribution in [0.5, 0.6) is 0 Å². The van der Waals surface area contributed by atoms with E-state index >= 15 is 0 Å². The van der Waals surface area contributed by atoms with E-state index in [-0.39, 0.29) is 11.0 Å². The number of hydrogen-bond donors (Lipinski definition) is 1. The van der Waals surface area contributed by atoms with Crippen LogP contribution in [0.25, 0.3) is 0 Å². The summed E-state index contributed by atoms with van der Waals surface area (Å²) in [6.45, 7) is 0. The summed E-state index contributed by atoms with van der Waals surface area (Å²) in [7, 11) is 0. The zero-order valence-electron chi connectivity index (χ0n) is 7.96. The average Bonchev–Trinajstić information content (AvgIpc) is 3.01. The van der Waals surface area contributed by atoms with Crippen LogP contribution in [0.3, 0.4) is 0 Å². The van der Waals surface area contributed by atoms with Gasteiger partial charge in [0.15, 0.2) is 0 Å². The van der Waals surface area contributed by atoms with Gasteiger partial charge in [0, 0.05) is 17.2 Å². The van der Waals surface area contributed by atoms with Crippen molar-refractivity contribution in [2.24, 2.45) is 5.73 Å². The molecule has 0 radical (unpaired) electrons. The first-order chi connectivity index (χ1) is 6.66. The lowest BCUT2D eigenvalue weighted by Crippen LogP contribution is -2.37. The van der Waals surface area contributed by atoms with Crippen molar-refractivity contribution in [2.45, 2.75) is 36.6 Å². The van der Waals surface area contributed by atoms with Gasteiger partial charge >= 0.3 is 0 Å². The van der Waals surface area contributed by atoms with Crippen molar-refractivity contribution in [3.05, 3.63) is 28.5 Å². The van der Waals surface area contributed by atoms with Crippen LogP contribution < -0.4 is 5.73 Å². The van der Waals surface area contributed by atoms with Crippen LogP contribution in [0, 0.1) is 0 Å². The second-order valence-corrected chi connectivity index (χ2v) is 5.42. The Balaban J connectivity index is 1.99. The third-order valence-corrected chi connectivity index (χ3v) is 4.24. The molecule has 1 aromatic rings. The third-order valence-electron chi connectivity index (χ3n) is 3.77. The number of hydrogen-bond acceptors (Lipinski definition) is 2. The summed E-state index contributed by atoms with van der Waals surface area (Å²) in [6, 6.07) is 4.18. The molecule has 2 aliphatic rings. The largest absolute Gasteiger partial charge is 0.324 e. The Hall–Kier alpha value is -0.410. The van der Waals surface area contributed by atoms with Crippen molar-refractivity contribution < 1.29 is 0 Å². The molecule has 0 amide bonds. The van der Waals surface area contributed by atoms with E-state index < -0.39 is 0 Å². The highest BCUT2D eigenvalue weighted by Crippen LogP contribution is 2.63. The molecule has 2 nitrogen and oxygen atoms in total. The standard InChI is InChI=1S/C11H13BrN2/c12-9-2-1-8(7-14-9)10(3-4-10)11(13)5-6-11/h1-2,7H,3-6,13H2. The van der Waals surface area contributed by atoms with Crippen LogP contribution in [0.1, 0.15) is 31.2 Å². The average molecular weight is 253 g/mol. The van der Waals surface area contributed by atoms with Crippen molar-refractivity contribution in [3.63, 3.8) is 0 Å². The molecule has 0 atom stereocenters. The number of halogens is 1. The fraction of sp³-hybridized carbons (Fsp3) is 0.545. The summed E-state index contributed by atoms with van der Waals surface area (Å²) in [5, 5.41) is 0. The van der Waals surface area contributed by atoms with Gasteiger partial charge in [-0.25, -0.2) is 4.98 Å². The van der Waals surface area contributed by atoms with Crippen LogP contribution in [0.15, 0.2) is 22.9 Å². The molecule has 0 saturated heterocycles. The molecule has 14 heavy (non-hydrogen) atoms. The first-order valence-electron chi connectivity index (χ1n) is 5.07. The van der Waals surface area contributed by atoms with Gasteiger partial charge < -0.3 is 5.73 Å². The van der Waals surface area contributed by atoms with E-state index in [1.165, 1.54) is 31.2 Å². The molecule has 3 heteroatoms. The van der Waals surface area contributed by atoms with Crippen molar-refractivity contribution in [3.8, 4) is 0 Å². The molecule has 2 fully saturated rings. The van der Waals surface area contributed by atoms with Crippen molar-refractivity contribution in [1.82, 2.24) is 4.98 Å². The van der Waals surface area contributed by atoms with Gasteiger partial charge in [-0.3, -0.25) is 0 Å². The van der Waals surface area contributed by atoms with Crippen molar-refractivity contribution in [1.29, 1.82) is 0 Å². The summed E-state index contributed by atoms with van der Waals surface area (Å²) in [4.78, 5) is 4.29. The van der Waals surface area contributed by atoms with Gasteiger partial charge in [-0.1, -0.05) is 6.07 Å². The summed E-state index contributed by atoms with van der Waals surface area (Å²) in [5.41, 5.74) is 8.03. The molecule has 0 aromatic carbocycles. The monoisotopic (exact) mass is 252 g/mol. The molecule has 0 unspecified atom stereocenters. The molecule has 0 spiro atoms. The fourth-order valence-corrected chi connectivity index (χ4v) is 2.71. The summed E-state index contributed by atoms with van der Waals surface area (Å²) < 4.78 is 0.902. The van der Waals surface area contributed by atoms with Crippen LogP contribution in [0.2, 0.25) is 0 Å². The number of rotatable bonds is 2. The predicted molar refractivity (Wildman–Crippen MR) is 59.0 cm³/mol. The molecular weight excluding hydrogens is 240 g/mol. The predicted octanol–water partition coefficient (Wildman–Crippen LogP) is 2.37.